The SMILES string of the molecule is COC(=O)[C@@H](N)CC1CC(Br)=NO1. The number of esters is 1. The molecule has 0 amide bonds. The zero-order valence-corrected chi connectivity index (χ0v) is 8.78. The molecule has 5 nitrogen and oxygen atoms in total. The molecule has 6 heteroatoms. The van der Waals surface area contributed by atoms with E-state index in [9.17, 15) is 4.79 Å². The minimum absolute atomic E-state index is 0.122. The molecule has 0 bridgehead atoms. The fraction of sp³-hybridized carbons (Fsp3) is 0.714. The molecule has 1 aliphatic heterocycles. The molecule has 2 N–H and O–H groups in total. The number of carbonyl (C=O) groups is 1. The third-order valence-corrected chi connectivity index (χ3v) is 2.19. The second kappa shape index (κ2) is 4.57. The maximum Gasteiger partial charge on any atom is 0.322 e. The summed E-state index contributed by atoms with van der Waals surface area (Å²) in [6.07, 6.45) is 0.958. The minimum atomic E-state index is -0.636. The van der Waals surface area contributed by atoms with Crippen LogP contribution in [0, 0.1) is 0 Å². The van der Waals surface area contributed by atoms with Gasteiger partial charge in [0.05, 0.1) is 7.11 Å². The quantitative estimate of drug-likeness (QED) is 0.735. The summed E-state index contributed by atoms with van der Waals surface area (Å²) in [5.41, 5.74) is 5.53. The largest absolute Gasteiger partial charge is 0.468 e. The van der Waals surface area contributed by atoms with Crippen molar-refractivity contribution in [3.05, 3.63) is 0 Å². The van der Waals surface area contributed by atoms with Crippen LogP contribution in [0.1, 0.15) is 12.8 Å². The first-order chi connectivity index (χ1) is 6.13. The van der Waals surface area contributed by atoms with E-state index in [0.717, 1.165) is 4.62 Å². The van der Waals surface area contributed by atoms with E-state index in [1.807, 2.05) is 0 Å². The summed E-state index contributed by atoms with van der Waals surface area (Å²) in [4.78, 5) is 15.9. The van der Waals surface area contributed by atoms with Crippen LogP contribution in [0.15, 0.2) is 5.16 Å². The highest BCUT2D eigenvalue weighted by Gasteiger charge is 2.25. The molecule has 13 heavy (non-hydrogen) atoms. The third-order valence-electron chi connectivity index (χ3n) is 1.72. The normalized spacial score (nSPS) is 23.3. The summed E-state index contributed by atoms with van der Waals surface area (Å²) < 4.78 is 5.23. The van der Waals surface area contributed by atoms with Crippen molar-refractivity contribution in [2.75, 3.05) is 7.11 Å². The number of oxime groups is 1. The molecule has 1 aliphatic rings. The standard InChI is InChI=1S/C7H11BrN2O3/c1-12-7(11)5(9)2-4-3-6(8)10-13-4/h4-5H,2-3,9H2,1H3/t4?,5-/m0/s1. The van der Waals surface area contributed by atoms with Crippen molar-refractivity contribution < 1.29 is 14.4 Å². The topological polar surface area (TPSA) is 73.9 Å². The Morgan fingerprint density at radius 1 is 2.00 bits per heavy atom. The van der Waals surface area contributed by atoms with Gasteiger partial charge in [-0.05, 0) is 15.9 Å². The van der Waals surface area contributed by atoms with Gasteiger partial charge < -0.3 is 15.3 Å². The van der Waals surface area contributed by atoms with Gasteiger partial charge in [0, 0.05) is 12.8 Å². The van der Waals surface area contributed by atoms with Crippen molar-refractivity contribution in [2.24, 2.45) is 10.9 Å². The molecule has 0 fully saturated rings. The van der Waals surface area contributed by atoms with Gasteiger partial charge in [-0.3, -0.25) is 4.79 Å². The number of carbonyl (C=O) groups excluding carboxylic acids is 1. The minimum Gasteiger partial charge on any atom is -0.468 e. The van der Waals surface area contributed by atoms with E-state index >= 15 is 0 Å². The Morgan fingerprint density at radius 2 is 2.69 bits per heavy atom. The molecular weight excluding hydrogens is 240 g/mol. The summed E-state index contributed by atoms with van der Waals surface area (Å²) in [6.45, 7) is 0. The van der Waals surface area contributed by atoms with Gasteiger partial charge in [0.15, 0.2) is 0 Å². The van der Waals surface area contributed by atoms with Gasteiger partial charge in [-0.15, -0.1) is 0 Å². The van der Waals surface area contributed by atoms with Crippen LogP contribution in [0.25, 0.3) is 0 Å². The second-order valence-corrected chi connectivity index (χ2v) is 3.68. The van der Waals surface area contributed by atoms with Crippen LogP contribution in [0.2, 0.25) is 0 Å². The van der Waals surface area contributed by atoms with E-state index < -0.39 is 12.0 Å². The second-order valence-electron chi connectivity index (χ2n) is 2.76. The first-order valence-electron chi connectivity index (χ1n) is 3.85. The van der Waals surface area contributed by atoms with E-state index in [2.05, 4.69) is 25.8 Å². The predicted octanol–water partition coefficient (Wildman–Crippen LogP) is 0.374. The molecule has 0 aromatic carbocycles. The molecule has 1 heterocycles. The lowest BCUT2D eigenvalue weighted by molar-refractivity contribution is -0.143. The molecular formula is C7H11BrN2O3. The maximum atomic E-state index is 10.9. The molecule has 0 saturated carbocycles. The van der Waals surface area contributed by atoms with Crippen molar-refractivity contribution in [3.63, 3.8) is 0 Å². The van der Waals surface area contributed by atoms with Gasteiger partial charge in [-0.1, -0.05) is 5.16 Å². The van der Waals surface area contributed by atoms with Gasteiger partial charge in [-0.25, -0.2) is 0 Å². The first kappa shape index (κ1) is 10.5. The molecule has 0 radical (unpaired) electrons. The van der Waals surface area contributed by atoms with Gasteiger partial charge in [0.1, 0.15) is 16.8 Å². The highest BCUT2D eigenvalue weighted by atomic mass is 79.9. The fourth-order valence-corrected chi connectivity index (χ4v) is 1.50. The van der Waals surface area contributed by atoms with Crippen LogP contribution in [-0.4, -0.2) is 29.8 Å². The van der Waals surface area contributed by atoms with E-state index in [-0.39, 0.29) is 6.10 Å². The Labute approximate surface area is 84.4 Å². The molecule has 0 spiro atoms. The van der Waals surface area contributed by atoms with Gasteiger partial charge in [0.25, 0.3) is 0 Å². The number of hydrogen-bond acceptors (Lipinski definition) is 5. The van der Waals surface area contributed by atoms with Crippen LogP contribution in [-0.2, 0) is 14.4 Å². The predicted molar refractivity (Wildman–Crippen MR) is 50.5 cm³/mol. The maximum absolute atomic E-state index is 10.9. The summed E-state index contributed by atoms with van der Waals surface area (Å²) >= 11 is 3.19. The third kappa shape index (κ3) is 2.96. The monoisotopic (exact) mass is 250 g/mol. The average Bonchev–Trinajstić information content (AvgIpc) is 2.49. The van der Waals surface area contributed by atoms with E-state index in [4.69, 9.17) is 10.6 Å². The molecule has 74 valence electrons. The molecule has 1 unspecified atom stereocenters. The lowest BCUT2D eigenvalue weighted by Gasteiger charge is -2.12. The zero-order valence-electron chi connectivity index (χ0n) is 7.20. The summed E-state index contributed by atoms with van der Waals surface area (Å²) in [7, 11) is 1.31. The van der Waals surface area contributed by atoms with E-state index in [1.54, 1.807) is 0 Å². The Morgan fingerprint density at radius 3 is 3.15 bits per heavy atom. The summed E-state index contributed by atoms with van der Waals surface area (Å²) in [6, 6.07) is -0.636. The van der Waals surface area contributed by atoms with Crippen LogP contribution in [0.3, 0.4) is 0 Å². The fourth-order valence-electron chi connectivity index (χ4n) is 1.05. The van der Waals surface area contributed by atoms with Gasteiger partial charge in [0.2, 0.25) is 0 Å². The smallest absolute Gasteiger partial charge is 0.322 e. The Kier molecular flexibility index (Phi) is 3.68. The number of methoxy groups -OCH3 is 1. The highest BCUT2D eigenvalue weighted by molar-refractivity contribution is 9.18. The molecule has 0 aromatic heterocycles. The van der Waals surface area contributed by atoms with Crippen LogP contribution < -0.4 is 5.73 Å². The molecule has 0 saturated heterocycles. The van der Waals surface area contributed by atoms with E-state index in [0.29, 0.717) is 12.8 Å². The van der Waals surface area contributed by atoms with E-state index in [1.165, 1.54) is 7.11 Å². The molecule has 0 aromatic rings. The Balaban J connectivity index is 2.30. The van der Waals surface area contributed by atoms with Crippen molar-refractivity contribution in [1.82, 2.24) is 0 Å². The molecule has 0 aliphatic carbocycles. The van der Waals surface area contributed by atoms with Gasteiger partial charge in [-0.2, -0.15) is 0 Å². The number of rotatable bonds is 3. The number of nitrogens with two attached hydrogens (primary N) is 1. The van der Waals surface area contributed by atoms with Crippen LogP contribution >= 0.6 is 15.9 Å². The average molecular weight is 251 g/mol. The molecule has 2 atom stereocenters. The van der Waals surface area contributed by atoms with Crippen LogP contribution in [0.5, 0.6) is 0 Å². The molecule has 1 rings (SSSR count). The zero-order chi connectivity index (χ0) is 9.84. The van der Waals surface area contributed by atoms with Crippen molar-refractivity contribution >= 4 is 26.5 Å². The first-order valence-corrected chi connectivity index (χ1v) is 4.64. The number of nitrogens with zero attached hydrogens (tertiary/aromatic N) is 1. The Hall–Kier alpha value is -0.620. The summed E-state index contributed by atoms with van der Waals surface area (Å²) in [5, 5.41) is 3.68. The number of halogens is 1. The highest BCUT2D eigenvalue weighted by Crippen LogP contribution is 2.18. The van der Waals surface area contributed by atoms with Gasteiger partial charge >= 0.3 is 5.97 Å². The Bertz CT molecular complexity index is 232. The van der Waals surface area contributed by atoms with Crippen LogP contribution in [0.4, 0.5) is 0 Å². The van der Waals surface area contributed by atoms with Crippen molar-refractivity contribution in [1.29, 1.82) is 0 Å². The number of hydrogen-bond donors (Lipinski definition) is 1. The summed E-state index contributed by atoms with van der Waals surface area (Å²) in [5.74, 6) is -0.424. The van der Waals surface area contributed by atoms with Crippen molar-refractivity contribution in [2.45, 2.75) is 25.0 Å². The van der Waals surface area contributed by atoms with Crippen molar-refractivity contribution in [3.8, 4) is 0 Å². The lowest BCUT2D eigenvalue weighted by Crippen LogP contribution is -2.35. The lowest BCUT2D eigenvalue weighted by atomic mass is 10.1. The number of ether oxygens (including phenoxy) is 1.